The number of carbonyl (C=O) groups is 1. The molecule has 2 heterocycles. The number of ether oxygens (including phenoxy) is 2. The molecule has 0 spiro atoms. The van der Waals surface area contributed by atoms with Crippen molar-refractivity contribution in [1.82, 2.24) is 20.0 Å². The minimum atomic E-state index is -0.153. The van der Waals surface area contributed by atoms with Crippen molar-refractivity contribution in [2.45, 2.75) is 33.4 Å². The Morgan fingerprint density at radius 1 is 1.15 bits per heavy atom. The monoisotopic (exact) mass is 457 g/mol. The maximum absolute atomic E-state index is 12.3. The summed E-state index contributed by atoms with van der Waals surface area (Å²) in [6.45, 7) is 5.06. The van der Waals surface area contributed by atoms with Crippen molar-refractivity contribution in [3.8, 4) is 11.5 Å². The lowest BCUT2D eigenvalue weighted by atomic mass is 10.1. The largest absolute Gasteiger partial charge is 0.493 e. The molecule has 174 valence electrons. The zero-order chi connectivity index (χ0) is 23.9. The first-order valence-electron chi connectivity index (χ1n) is 11.0. The molecule has 0 saturated carbocycles. The predicted octanol–water partition coefficient (Wildman–Crippen LogP) is 4.18. The molecule has 34 heavy (non-hydrogen) atoms. The molecular weight excluding hydrogens is 430 g/mol. The second-order valence-corrected chi connectivity index (χ2v) is 7.91. The first-order chi connectivity index (χ1) is 16.5. The minimum absolute atomic E-state index is 0.153. The summed E-state index contributed by atoms with van der Waals surface area (Å²) in [5.41, 5.74) is 7.68. The number of benzene rings is 2. The highest BCUT2D eigenvalue weighted by molar-refractivity contribution is 5.87. The average Bonchev–Trinajstić information content (AvgIpc) is 3.19. The summed E-state index contributed by atoms with van der Waals surface area (Å²) in [6, 6.07) is 11.6. The minimum Gasteiger partial charge on any atom is -0.493 e. The topological polar surface area (TPSA) is 90.6 Å². The number of hydrogen-bond acceptors (Lipinski definition) is 6. The third kappa shape index (κ3) is 5.40. The van der Waals surface area contributed by atoms with Crippen LogP contribution in [0.3, 0.4) is 0 Å². The van der Waals surface area contributed by atoms with Crippen LogP contribution in [-0.4, -0.2) is 33.8 Å². The van der Waals surface area contributed by atoms with Gasteiger partial charge in [0.15, 0.2) is 11.5 Å². The zero-order valence-electron chi connectivity index (χ0n) is 19.5. The van der Waals surface area contributed by atoms with E-state index in [0.717, 1.165) is 16.8 Å². The Morgan fingerprint density at radius 2 is 2.03 bits per heavy atom. The van der Waals surface area contributed by atoms with Gasteiger partial charge in [-0.25, -0.2) is 5.43 Å². The summed E-state index contributed by atoms with van der Waals surface area (Å²) in [7, 11) is 1.57. The third-order valence-corrected chi connectivity index (χ3v) is 5.47. The summed E-state index contributed by atoms with van der Waals surface area (Å²) in [5, 5.41) is 5.33. The first-order valence-corrected chi connectivity index (χ1v) is 11.0. The molecule has 0 saturated heterocycles. The van der Waals surface area contributed by atoms with Gasteiger partial charge in [-0.1, -0.05) is 12.1 Å². The molecule has 0 bridgehead atoms. The number of hydrazone groups is 1. The van der Waals surface area contributed by atoms with Gasteiger partial charge in [-0.3, -0.25) is 14.8 Å². The Morgan fingerprint density at radius 3 is 2.82 bits per heavy atom. The van der Waals surface area contributed by atoms with Gasteiger partial charge in [0, 0.05) is 42.5 Å². The molecule has 0 radical (unpaired) electrons. The number of aromatic nitrogens is 3. The average molecular weight is 458 g/mol. The fourth-order valence-corrected chi connectivity index (χ4v) is 3.85. The van der Waals surface area contributed by atoms with E-state index in [4.69, 9.17) is 9.47 Å². The van der Waals surface area contributed by atoms with Crippen LogP contribution in [0.4, 0.5) is 0 Å². The summed E-state index contributed by atoms with van der Waals surface area (Å²) in [6.07, 6.45) is 8.87. The lowest BCUT2D eigenvalue weighted by Crippen LogP contribution is -2.19. The maximum atomic E-state index is 12.3. The van der Waals surface area contributed by atoms with Crippen LogP contribution < -0.4 is 14.9 Å². The quantitative estimate of drug-likeness (QED) is 0.301. The second-order valence-electron chi connectivity index (χ2n) is 7.91. The number of nitrogens with one attached hydrogen (secondary N) is 1. The molecule has 8 heteroatoms. The molecule has 1 amide bonds. The van der Waals surface area contributed by atoms with Crippen LogP contribution in [0.15, 0.2) is 66.3 Å². The Kier molecular flexibility index (Phi) is 7.17. The van der Waals surface area contributed by atoms with Crippen LogP contribution in [0.5, 0.6) is 11.5 Å². The molecule has 2 aromatic carbocycles. The molecule has 0 fully saturated rings. The number of fused-ring (bicyclic) bond motifs is 1. The number of rotatable bonds is 9. The molecule has 8 nitrogen and oxygen atoms in total. The molecule has 1 N–H and O–H groups in total. The molecule has 4 aromatic rings. The van der Waals surface area contributed by atoms with Crippen molar-refractivity contribution >= 4 is 23.0 Å². The normalized spacial score (nSPS) is 11.1. The van der Waals surface area contributed by atoms with Gasteiger partial charge >= 0.3 is 0 Å². The van der Waals surface area contributed by atoms with Gasteiger partial charge in [-0.05, 0) is 54.8 Å². The van der Waals surface area contributed by atoms with E-state index in [-0.39, 0.29) is 12.5 Å². The van der Waals surface area contributed by atoms with Crippen LogP contribution in [0.1, 0.15) is 28.8 Å². The van der Waals surface area contributed by atoms with Crippen LogP contribution in [0.25, 0.3) is 10.9 Å². The van der Waals surface area contributed by atoms with E-state index in [1.807, 2.05) is 12.1 Å². The van der Waals surface area contributed by atoms with Crippen molar-refractivity contribution < 1.29 is 14.3 Å². The van der Waals surface area contributed by atoms with Gasteiger partial charge < -0.3 is 14.0 Å². The Bertz CT molecular complexity index is 1320. The molecule has 4 rings (SSSR count). The molecular formula is C26H27N5O3. The van der Waals surface area contributed by atoms with Crippen LogP contribution >= 0.6 is 0 Å². The molecule has 0 unspecified atom stereocenters. The van der Waals surface area contributed by atoms with Crippen molar-refractivity contribution in [2.75, 3.05) is 7.11 Å². The van der Waals surface area contributed by atoms with E-state index in [1.165, 1.54) is 16.5 Å². The van der Waals surface area contributed by atoms with E-state index in [1.54, 1.807) is 44.0 Å². The molecule has 0 aliphatic rings. The number of carbonyl (C=O) groups excluding carboxylic acids is 1. The van der Waals surface area contributed by atoms with Crippen LogP contribution in [0.2, 0.25) is 0 Å². The summed E-state index contributed by atoms with van der Waals surface area (Å²) in [4.78, 5) is 20.5. The number of aryl methyl sites for hydroxylation is 3. The third-order valence-electron chi connectivity index (χ3n) is 5.47. The van der Waals surface area contributed by atoms with Crippen molar-refractivity contribution in [2.24, 2.45) is 5.10 Å². The van der Waals surface area contributed by atoms with Gasteiger partial charge in [0.2, 0.25) is 5.91 Å². The fourth-order valence-electron chi connectivity index (χ4n) is 3.85. The highest BCUT2D eigenvalue weighted by atomic mass is 16.5. The first kappa shape index (κ1) is 23.0. The smallest absolute Gasteiger partial charge is 0.241 e. The summed E-state index contributed by atoms with van der Waals surface area (Å²) < 4.78 is 13.3. The number of nitrogens with zero attached hydrogens (tertiary/aromatic N) is 4. The van der Waals surface area contributed by atoms with E-state index < -0.39 is 0 Å². The number of hydrogen-bond donors (Lipinski definition) is 1. The maximum Gasteiger partial charge on any atom is 0.241 e. The number of amides is 1. The summed E-state index contributed by atoms with van der Waals surface area (Å²) >= 11 is 0. The van der Waals surface area contributed by atoms with Crippen molar-refractivity contribution in [3.63, 3.8) is 0 Å². The lowest BCUT2D eigenvalue weighted by Gasteiger charge is -2.10. The van der Waals surface area contributed by atoms with Gasteiger partial charge in [-0.2, -0.15) is 5.10 Å². The second kappa shape index (κ2) is 10.6. The fraction of sp³-hybridized carbons (Fsp3) is 0.231. The Hall–Kier alpha value is -4.20. The van der Waals surface area contributed by atoms with Crippen molar-refractivity contribution in [1.29, 1.82) is 0 Å². The zero-order valence-corrected chi connectivity index (χ0v) is 19.5. The Balaban J connectivity index is 1.32. The molecule has 2 aromatic heterocycles. The van der Waals surface area contributed by atoms with Gasteiger partial charge in [0.25, 0.3) is 0 Å². The molecule has 0 aliphatic carbocycles. The van der Waals surface area contributed by atoms with Crippen LogP contribution in [0, 0.1) is 13.8 Å². The standard InChI is InChI=1S/C26H27N5O3/c1-18-5-4-6-22-26(18)19(2)16-31(22)12-9-25(32)30-29-14-20-7-8-23(24(13-20)33-3)34-17-21-15-27-10-11-28-21/h4-8,10-11,13-16H,9,12,17H2,1-3H3,(H,30,32)/b29-14+. The highest BCUT2D eigenvalue weighted by Crippen LogP contribution is 2.28. The van der Waals surface area contributed by atoms with Crippen LogP contribution in [-0.2, 0) is 17.9 Å². The molecule has 0 atom stereocenters. The van der Waals surface area contributed by atoms with Gasteiger partial charge in [0.1, 0.15) is 6.61 Å². The lowest BCUT2D eigenvalue weighted by molar-refractivity contribution is -0.121. The Labute approximate surface area is 198 Å². The predicted molar refractivity (Wildman–Crippen MR) is 131 cm³/mol. The van der Waals surface area contributed by atoms with E-state index in [9.17, 15) is 4.79 Å². The van der Waals surface area contributed by atoms with E-state index in [0.29, 0.717) is 24.5 Å². The highest BCUT2D eigenvalue weighted by Gasteiger charge is 2.09. The van der Waals surface area contributed by atoms with Crippen molar-refractivity contribution in [3.05, 3.63) is 83.6 Å². The van der Waals surface area contributed by atoms with E-state index >= 15 is 0 Å². The van der Waals surface area contributed by atoms with Gasteiger partial charge in [-0.15, -0.1) is 0 Å². The van der Waals surface area contributed by atoms with E-state index in [2.05, 4.69) is 57.2 Å². The van der Waals surface area contributed by atoms with Gasteiger partial charge in [0.05, 0.1) is 25.2 Å². The number of methoxy groups -OCH3 is 1. The summed E-state index contributed by atoms with van der Waals surface area (Å²) in [5.74, 6) is 0.988. The SMILES string of the molecule is COc1cc(/C=N/NC(=O)CCn2cc(C)c3c(C)cccc32)ccc1OCc1cnccn1. The molecule has 0 aliphatic heterocycles.